The number of aromatic nitrogens is 1. The van der Waals surface area contributed by atoms with E-state index in [2.05, 4.69) is 19.2 Å². The van der Waals surface area contributed by atoms with Crippen LogP contribution in [0.5, 0.6) is 0 Å². The number of carbonyl (C=O) groups is 1. The quantitative estimate of drug-likeness (QED) is 0.426. The molecule has 0 radical (unpaired) electrons. The zero-order valence-corrected chi connectivity index (χ0v) is 17.6. The molecule has 0 spiro atoms. The fourth-order valence-corrected chi connectivity index (χ4v) is 3.54. The second-order valence-corrected chi connectivity index (χ2v) is 7.89. The maximum Gasteiger partial charge on any atom is 0.252 e. The van der Waals surface area contributed by atoms with Gasteiger partial charge in [-0.3, -0.25) is 4.79 Å². The molecule has 28 heavy (non-hydrogen) atoms. The maximum atomic E-state index is 13.0. The summed E-state index contributed by atoms with van der Waals surface area (Å²) in [5, 5.41) is 4.92. The third-order valence-corrected chi connectivity index (χ3v) is 5.53. The van der Waals surface area contributed by atoms with Gasteiger partial charge in [0.05, 0.1) is 26.8 Å². The number of carbonyl (C=O) groups excluding carboxylic acids is 1. The number of hydrogen-bond donors (Lipinski definition) is 1. The zero-order chi connectivity index (χ0) is 20.1. The van der Waals surface area contributed by atoms with Gasteiger partial charge in [-0.1, -0.05) is 73.7 Å². The Morgan fingerprint density at radius 2 is 1.86 bits per heavy atom. The van der Waals surface area contributed by atoms with Crippen molar-refractivity contribution in [2.45, 2.75) is 45.6 Å². The summed E-state index contributed by atoms with van der Waals surface area (Å²) in [4.78, 5) is 17.7. The predicted octanol–water partition coefficient (Wildman–Crippen LogP) is 6.91. The van der Waals surface area contributed by atoms with E-state index in [-0.39, 0.29) is 11.9 Å². The van der Waals surface area contributed by atoms with Crippen LogP contribution in [-0.2, 0) is 0 Å². The first-order valence-corrected chi connectivity index (χ1v) is 10.4. The summed E-state index contributed by atoms with van der Waals surface area (Å²) in [6.07, 6.45) is 4.44. The highest BCUT2D eigenvalue weighted by atomic mass is 35.5. The van der Waals surface area contributed by atoms with Crippen molar-refractivity contribution in [1.29, 1.82) is 0 Å². The summed E-state index contributed by atoms with van der Waals surface area (Å²) >= 11 is 12.2. The lowest BCUT2D eigenvalue weighted by Gasteiger charge is -2.15. The molecule has 0 saturated heterocycles. The first-order chi connectivity index (χ1) is 13.5. The van der Waals surface area contributed by atoms with E-state index in [1.807, 2.05) is 36.4 Å². The van der Waals surface area contributed by atoms with Gasteiger partial charge in [0.1, 0.15) is 0 Å². The molecule has 1 atom stereocenters. The Hall–Kier alpha value is -2.10. The second-order valence-electron chi connectivity index (χ2n) is 7.07. The fraction of sp³-hybridized carbons (Fsp3) is 0.304. The van der Waals surface area contributed by atoms with Crippen molar-refractivity contribution in [1.82, 2.24) is 10.3 Å². The number of benzene rings is 2. The molecule has 0 fully saturated rings. The van der Waals surface area contributed by atoms with E-state index in [1.54, 1.807) is 12.1 Å². The van der Waals surface area contributed by atoms with Crippen molar-refractivity contribution in [2.75, 3.05) is 0 Å². The number of pyridine rings is 1. The van der Waals surface area contributed by atoms with Crippen LogP contribution in [0.15, 0.2) is 48.5 Å². The van der Waals surface area contributed by atoms with Crippen molar-refractivity contribution < 1.29 is 4.79 Å². The van der Waals surface area contributed by atoms with Gasteiger partial charge in [0, 0.05) is 17.0 Å². The number of fused-ring (bicyclic) bond motifs is 1. The van der Waals surface area contributed by atoms with E-state index in [0.29, 0.717) is 21.3 Å². The van der Waals surface area contributed by atoms with Crippen molar-refractivity contribution in [3.05, 3.63) is 64.1 Å². The lowest BCUT2D eigenvalue weighted by Crippen LogP contribution is -2.32. The van der Waals surface area contributed by atoms with Crippen LogP contribution in [0.4, 0.5) is 0 Å². The van der Waals surface area contributed by atoms with Gasteiger partial charge in [0.15, 0.2) is 0 Å². The van der Waals surface area contributed by atoms with Crippen LogP contribution in [0.3, 0.4) is 0 Å². The van der Waals surface area contributed by atoms with Crippen molar-refractivity contribution in [2.24, 2.45) is 0 Å². The third-order valence-electron chi connectivity index (χ3n) is 4.79. The first kappa shape index (κ1) is 20.6. The molecule has 1 unspecified atom stereocenters. The Bertz CT molecular complexity index is 987. The smallest absolute Gasteiger partial charge is 0.252 e. The number of nitrogens with one attached hydrogen (secondary N) is 1. The summed E-state index contributed by atoms with van der Waals surface area (Å²) in [6, 6.07) is 15.0. The molecule has 3 rings (SSSR count). The molecular formula is C23H24Cl2N2O. The van der Waals surface area contributed by atoms with E-state index < -0.39 is 0 Å². The average Bonchev–Trinajstić information content (AvgIpc) is 2.69. The molecule has 0 aliphatic rings. The summed E-state index contributed by atoms with van der Waals surface area (Å²) < 4.78 is 0. The van der Waals surface area contributed by atoms with Crippen molar-refractivity contribution in [3.8, 4) is 11.3 Å². The number of amides is 1. The van der Waals surface area contributed by atoms with Gasteiger partial charge in [0.2, 0.25) is 0 Å². The normalized spacial score (nSPS) is 12.1. The third kappa shape index (κ3) is 4.84. The molecule has 1 amide bonds. The minimum absolute atomic E-state index is 0.0797. The number of hydrogen-bond acceptors (Lipinski definition) is 2. The van der Waals surface area contributed by atoms with Gasteiger partial charge in [-0.05, 0) is 37.6 Å². The van der Waals surface area contributed by atoms with Crippen LogP contribution in [0.2, 0.25) is 10.0 Å². The lowest BCUT2D eigenvalue weighted by atomic mass is 10.0. The molecule has 1 heterocycles. The van der Waals surface area contributed by atoms with Crippen LogP contribution in [0.25, 0.3) is 22.2 Å². The highest BCUT2D eigenvalue weighted by molar-refractivity contribution is 6.42. The summed E-state index contributed by atoms with van der Waals surface area (Å²) in [6.45, 7) is 4.23. The summed E-state index contributed by atoms with van der Waals surface area (Å²) in [7, 11) is 0. The van der Waals surface area contributed by atoms with E-state index in [1.165, 1.54) is 12.8 Å². The molecule has 2 aromatic carbocycles. The first-order valence-electron chi connectivity index (χ1n) is 9.65. The molecule has 0 saturated carbocycles. The highest BCUT2D eigenvalue weighted by Gasteiger charge is 2.16. The minimum atomic E-state index is -0.0797. The van der Waals surface area contributed by atoms with Gasteiger partial charge >= 0.3 is 0 Å². The predicted molar refractivity (Wildman–Crippen MR) is 118 cm³/mol. The van der Waals surface area contributed by atoms with Crippen LogP contribution in [0, 0.1) is 0 Å². The van der Waals surface area contributed by atoms with Gasteiger partial charge in [-0.15, -0.1) is 0 Å². The molecule has 3 aromatic rings. The molecule has 146 valence electrons. The Labute approximate surface area is 176 Å². The number of unbranched alkanes of at least 4 members (excludes halogenated alkanes) is 2. The molecule has 0 bridgehead atoms. The van der Waals surface area contributed by atoms with E-state index in [9.17, 15) is 4.79 Å². The summed E-state index contributed by atoms with van der Waals surface area (Å²) in [5.74, 6) is -0.0797. The van der Waals surface area contributed by atoms with E-state index in [0.717, 1.165) is 29.3 Å². The average molecular weight is 415 g/mol. The Morgan fingerprint density at radius 3 is 2.61 bits per heavy atom. The van der Waals surface area contributed by atoms with E-state index in [4.69, 9.17) is 28.2 Å². The van der Waals surface area contributed by atoms with Gasteiger partial charge < -0.3 is 5.32 Å². The molecule has 5 heteroatoms. The van der Waals surface area contributed by atoms with Crippen LogP contribution < -0.4 is 5.32 Å². The van der Waals surface area contributed by atoms with Crippen LogP contribution in [-0.4, -0.2) is 16.9 Å². The van der Waals surface area contributed by atoms with Crippen molar-refractivity contribution >= 4 is 40.0 Å². The fourth-order valence-electron chi connectivity index (χ4n) is 3.24. The zero-order valence-electron chi connectivity index (χ0n) is 16.1. The second kappa shape index (κ2) is 9.40. The number of halogens is 2. The topological polar surface area (TPSA) is 42.0 Å². The standard InChI is InChI=1S/C23H24Cl2N2O/c1-3-4-5-8-15(2)26-23(28)18-14-22(16-11-12-19(24)20(25)13-16)27-21-10-7-6-9-17(18)21/h6-7,9-15H,3-5,8H2,1-2H3,(H,26,28). The minimum Gasteiger partial charge on any atom is -0.350 e. The molecule has 3 nitrogen and oxygen atoms in total. The van der Waals surface area contributed by atoms with Crippen LogP contribution >= 0.6 is 23.2 Å². The molecule has 1 aromatic heterocycles. The van der Waals surface area contributed by atoms with Gasteiger partial charge in [0.25, 0.3) is 5.91 Å². The molecule has 1 N–H and O–H groups in total. The number of rotatable bonds is 7. The monoisotopic (exact) mass is 414 g/mol. The SMILES string of the molecule is CCCCCC(C)NC(=O)c1cc(-c2ccc(Cl)c(Cl)c2)nc2ccccc12. The van der Waals surface area contributed by atoms with Crippen LogP contribution in [0.1, 0.15) is 49.9 Å². The Morgan fingerprint density at radius 1 is 1.07 bits per heavy atom. The maximum absolute atomic E-state index is 13.0. The van der Waals surface area contributed by atoms with Gasteiger partial charge in [-0.2, -0.15) is 0 Å². The largest absolute Gasteiger partial charge is 0.350 e. The van der Waals surface area contributed by atoms with Crippen molar-refractivity contribution in [3.63, 3.8) is 0 Å². The van der Waals surface area contributed by atoms with E-state index >= 15 is 0 Å². The number of nitrogens with zero attached hydrogens (tertiary/aromatic N) is 1. The Balaban J connectivity index is 1.96. The molecule has 0 aliphatic heterocycles. The highest BCUT2D eigenvalue weighted by Crippen LogP contribution is 2.30. The van der Waals surface area contributed by atoms with Gasteiger partial charge in [-0.25, -0.2) is 4.98 Å². The lowest BCUT2D eigenvalue weighted by molar-refractivity contribution is 0.0939. The summed E-state index contributed by atoms with van der Waals surface area (Å²) in [5.41, 5.74) is 2.91. The molecule has 0 aliphatic carbocycles. The number of para-hydroxylation sites is 1. The Kier molecular flexibility index (Phi) is 6.93. The molecular weight excluding hydrogens is 391 g/mol.